The fourth-order valence-corrected chi connectivity index (χ4v) is 14.1. The van der Waals surface area contributed by atoms with E-state index in [2.05, 4.69) is 292 Å². The maximum Gasteiger partial charge on any atom is 0.0641 e. The number of aryl methyl sites for hydroxylation is 2. The molecule has 0 bridgehead atoms. The number of aromatic nitrogens is 2. The van der Waals surface area contributed by atoms with E-state index in [4.69, 9.17) is 0 Å². The van der Waals surface area contributed by atoms with Crippen molar-refractivity contribution in [2.45, 2.75) is 59.3 Å². The quantitative estimate of drug-likeness (QED) is 0.165. The molecule has 0 saturated carbocycles. The van der Waals surface area contributed by atoms with Gasteiger partial charge >= 0.3 is 0 Å². The molecule has 5 heterocycles. The molecule has 4 nitrogen and oxygen atoms in total. The monoisotopic (exact) mass is 1010 g/mol. The lowest BCUT2D eigenvalue weighted by Crippen LogP contribution is -2.25. The molecule has 0 N–H and O–H groups in total. The standard InChI is InChI=1S/C75H58N4/c1-45-31-35-49(36-32-45)76(70-51(47-19-10-8-11-20-47)24-16-27-59(70)74(3,4)5)63-41-39-53-56-44-66-57(43-65(56)78-61-29-15-14-23-55(61)67(63)72(53)78)54-40-42-64-69-68-58(26-18-30-62(68)79(66)73(54)69)75(6,7)60-28-17-25-52(48-21-12-9-13-22-48)71(60)77(64)50-37-33-46(2)34-38-50/h8-44H,1-7H3. The number of nitrogens with zero attached hydrogens (tertiary/aromatic N) is 4. The number of anilines is 6. The highest BCUT2D eigenvalue weighted by atomic mass is 15.2. The van der Waals surface area contributed by atoms with Crippen LogP contribution in [0.1, 0.15) is 62.4 Å². The van der Waals surface area contributed by atoms with Crippen LogP contribution < -0.4 is 9.80 Å². The highest BCUT2D eigenvalue weighted by Gasteiger charge is 2.38. The maximum atomic E-state index is 2.62. The molecule has 378 valence electrons. The van der Waals surface area contributed by atoms with Gasteiger partial charge in [0, 0.05) is 71.0 Å². The molecule has 0 unspecified atom stereocenters. The molecule has 16 rings (SSSR count). The summed E-state index contributed by atoms with van der Waals surface area (Å²) in [5, 5.41) is 10.1. The van der Waals surface area contributed by atoms with Gasteiger partial charge in [-0.3, -0.25) is 0 Å². The van der Waals surface area contributed by atoms with Gasteiger partial charge in [-0.05, 0) is 108 Å². The van der Waals surface area contributed by atoms with Crippen molar-refractivity contribution < 1.29 is 0 Å². The Morgan fingerprint density at radius 2 is 0.975 bits per heavy atom. The average Bonchev–Trinajstić information content (AvgIpc) is 3.48. The van der Waals surface area contributed by atoms with Crippen molar-refractivity contribution >= 4 is 110 Å². The zero-order valence-corrected chi connectivity index (χ0v) is 45.7. The zero-order chi connectivity index (χ0) is 53.2. The van der Waals surface area contributed by atoms with E-state index in [-0.39, 0.29) is 10.8 Å². The highest BCUT2D eigenvalue weighted by molar-refractivity contribution is 6.33. The first-order chi connectivity index (χ1) is 38.5. The topological polar surface area (TPSA) is 15.3 Å². The minimum absolute atomic E-state index is 0.158. The van der Waals surface area contributed by atoms with E-state index >= 15 is 0 Å². The van der Waals surface area contributed by atoms with E-state index in [1.54, 1.807) is 0 Å². The lowest BCUT2D eigenvalue weighted by atomic mass is 9.73. The summed E-state index contributed by atoms with van der Waals surface area (Å²) in [7, 11) is 0. The Bertz CT molecular complexity index is 4950. The summed E-state index contributed by atoms with van der Waals surface area (Å²) in [5.41, 5.74) is 25.2. The number of fused-ring (bicyclic) bond motifs is 11. The summed E-state index contributed by atoms with van der Waals surface area (Å²) in [5.74, 6) is 0. The van der Waals surface area contributed by atoms with E-state index in [1.807, 2.05) is 0 Å². The maximum absolute atomic E-state index is 2.62. The van der Waals surface area contributed by atoms with Gasteiger partial charge in [0.25, 0.3) is 0 Å². The van der Waals surface area contributed by atoms with Gasteiger partial charge in [0.15, 0.2) is 0 Å². The summed E-state index contributed by atoms with van der Waals surface area (Å²) < 4.78 is 5.20. The Hall–Kier alpha value is -9.38. The van der Waals surface area contributed by atoms with E-state index in [0.717, 1.165) is 17.1 Å². The molecule has 0 atom stereocenters. The third-order valence-electron chi connectivity index (χ3n) is 17.8. The molecule has 0 radical (unpaired) electrons. The predicted octanol–water partition coefficient (Wildman–Crippen LogP) is 20.8. The van der Waals surface area contributed by atoms with E-state index in [9.17, 15) is 0 Å². The largest absolute Gasteiger partial charge is 0.309 e. The van der Waals surface area contributed by atoms with Crippen LogP contribution in [0.2, 0.25) is 0 Å². The molecule has 4 aromatic heterocycles. The van der Waals surface area contributed by atoms with Crippen LogP contribution >= 0.6 is 0 Å². The zero-order valence-electron chi connectivity index (χ0n) is 45.7. The van der Waals surface area contributed by atoms with E-state index in [0.29, 0.717) is 0 Å². The van der Waals surface area contributed by atoms with Gasteiger partial charge in [0.1, 0.15) is 0 Å². The third-order valence-corrected chi connectivity index (χ3v) is 17.8. The molecule has 0 amide bonds. The second-order valence-electron chi connectivity index (χ2n) is 23.8. The van der Waals surface area contributed by atoms with Gasteiger partial charge in [0.05, 0.1) is 55.8 Å². The fourth-order valence-electron chi connectivity index (χ4n) is 14.1. The molecular weight excluding hydrogens is 957 g/mol. The molecule has 0 saturated heterocycles. The molecule has 79 heavy (non-hydrogen) atoms. The number of hydrogen-bond acceptors (Lipinski definition) is 2. The Morgan fingerprint density at radius 3 is 1.67 bits per heavy atom. The molecule has 1 aliphatic heterocycles. The SMILES string of the molecule is Cc1ccc(N(c2c(-c3ccccc3)cccc2C(C)(C)C)c2ccc3c4cc5c(cc4n4c6ccccc6c2c34)c2ccc3c4c6c(cccc6n5c24)C(C)(C)c2cccc(-c4ccccc4)c2N3c2ccc(C)cc2)cc1. The fraction of sp³-hybridized carbons (Fsp3) is 0.120. The molecular formula is C75H58N4. The van der Waals surface area contributed by atoms with Crippen molar-refractivity contribution in [1.82, 2.24) is 8.80 Å². The summed E-state index contributed by atoms with van der Waals surface area (Å²) in [6.45, 7) is 16.3. The van der Waals surface area contributed by atoms with E-state index < -0.39 is 0 Å². The summed E-state index contributed by atoms with van der Waals surface area (Å²) in [6, 6.07) is 84.9. The molecule has 0 aliphatic carbocycles. The van der Waals surface area contributed by atoms with Crippen LogP contribution in [0.3, 0.4) is 0 Å². The first kappa shape index (κ1) is 45.8. The third kappa shape index (κ3) is 6.31. The number of rotatable bonds is 6. The lowest BCUT2D eigenvalue weighted by molar-refractivity contribution is 0.591. The summed E-state index contributed by atoms with van der Waals surface area (Å²) in [6.07, 6.45) is 0. The molecule has 0 fully saturated rings. The van der Waals surface area contributed by atoms with Crippen molar-refractivity contribution in [1.29, 1.82) is 0 Å². The second kappa shape index (κ2) is 16.3. The Kier molecular flexibility index (Phi) is 9.46. The van der Waals surface area contributed by atoms with Crippen LogP contribution in [-0.2, 0) is 10.8 Å². The number of para-hydroxylation sites is 3. The average molecular weight is 1020 g/mol. The Labute approximate surface area is 460 Å². The summed E-state index contributed by atoms with van der Waals surface area (Å²) >= 11 is 0. The minimum Gasteiger partial charge on any atom is -0.309 e. The molecule has 0 spiro atoms. The van der Waals surface area contributed by atoms with Crippen LogP contribution in [0.5, 0.6) is 0 Å². The van der Waals surface area contributed by atoms with Gasteiger partial charge in [-0.1, -0.05) is 210 Å². The molecule has 4 heteroatoms. The van der Waals surface area contributed by atoms with Crippen LogP contribution in [0, 0.1) is 13.8 Å². The first-order valence-corrected chi connectivity index (χ1v) is 27.9. The second-order valence-corrected chi connectivity index (χ2v) is 23.8. The van der Waals surface area contributed by atoms with Crippen LogP contribution in [-0.4, -0.2) is 8.80 Å². The molecule has 11 aromatic carbocycles. The number of benzene rings is 11. The number of hydrogen-bond donors (Lipinski definition) is 0. The van der Waals surface area contributed by atoms with Gasteiger partial charge in [-0.25, -0.2) is 0 Å². The molecule has 15 aromatic rings. The normalized spacial score (nSPS) is 13.6. The van der Waals surface area contributed by atoms with Crippen molar-refractivity contribution in [3.8, 4) is 22.3 Å². The van der Waals surface area contributed by atoms with Crippen molar-refractivity contribution in [3.05, 3.63) is 252 Å². The Morgan fingerprint density at radius 1 is 0.418 bits per heavy atom. The van der Waals surface area contributed by atoms with Gasteiger partial charge in [0.2, 0.25) is 0 Å². The minimum atomic E-state index is -0.366. The Balaban J connectivity index is 1.01. The van der Waals surface area contributed by atoms with Crippen LogP contribution in [0.25, 0.3) is 98.4 Å². The van der Waals surface area contributed by atoms with Crippen molar-refractivity contribution in [2.75, 3.05) is 9.80 Å². The highest BCUT2D eigenvalue weighted by Crippen LogP contribution is 2.58. The van der Waals surface area contributed by atoms with Crippen molar-refractivity contribution in [2.24, 2.45) is 0 Å². The van der Waals surface area contributed by atoms with Crippen LogP contribution in [0.15, 0.2) is 224 Å². The van der Waals surface area contributed by atoms with E-state index in [1.165, 1.54) is 143 Å². The smallest absolute Gasteiger partial charge is 0.0641 e. The lowest BCUT2D eigenvalue weighted by Gasteiger charge is -2.38. The van der Waals surface area contributed by atoms with Gasteiger partial charge < -0.3 is 18.6 Å². The predicted molar refractivity (Wildman–Crippen MR) is 336 cm³/mol. The first-order valence-electron chi connectivity index (χ1n) is 27.9. The van der Waals surface area contributed by atoms with Gasteiger partial charge in [-0.2, -0.15) is 0 Å². The molecule has 1 aliphatic rings. The summed E-state index contributed by atoms with van der Waals surface area (Å²) in [4.78, 5) is 5.16. The van der Waals surface area contributed by atoms with Crippen LogP contribution in [0.4, 0.5) is 34.1 Å². The van der Waals surface area contributed by atoms with Gasteiger partial charge in [-0.15, -0.1) is 0 Å². The van der Waals surface area contributed by atoms with Crippen molar-refractivity contribution in [3.63, 3.8) is 0 Å².